The van der Waals surface area contributed by atoms with Gasteiger partial charge in [0.05, 0.1) is 29.4 Å². The highest BCUT2D eigenvalue weighted by Crippen LogP contribution is 2.31. The van der Waals surface area contributed by atoms with Crippen molar-refractivity contribution in [2.75, 3.05) is 6.61 Å². The highest BCUT2D eigenvalue weighted by atomic mass is 32.2. The average Bonchev–Trinajstić information content (AvgIpc) is 2.53. The predicted molar refractivity (Wildman–Crippen MR) is 100 cm³/mol. The summed E-state index contributed by atoms with van der Waals surface area (Å²) >= 11 is 0. The van der Waals surface area contributed by atoms with Crippen molar-refractivity contribution in [1.82, 2.24) is 0 Å². The minimum atomic E-state index is -2.65. The molecule has 0 bridgehead atoms. The van der Waals surface area contributed by atoms with Gasteiger partial charge in [-0.3, -0.25) is 9.59 Å². The van der Waals surface area contributed by atoms with E-state index in [9.17, 15) is 22.8 Å². The van der Waals surface area contributed by atoms with Gasteiger partial charge in [0.1, 0.15) is 0 Å². The number of hydrogen-bond donors (Lipinski definition) is 0. The van der Waals surface area contributed by atoms with Crippen molar-refractivity contribution in [3.8, 4) is 0 Å². The third kappa shape index (κ3) is 5.26. The van der Waals surface area contributed by atoms with Crippen LogP contribution in [0, 0.1) is 5.92 Å². The summed E-state index contributed by atoms with van der Waals surface area (Å²) in [6.45, 7) is 9.56. The maximum absolute atomic E-state index is 12.9. The monoisotopic (exact) mass is 396 g/mol. The molecule has 7 nitrogen and oxygen atoms in total. The highest BCUT2D eigenvalue weighted by Gasteiger charge is 2.34. The molecule has 1 rings (SSSR count). The maximum atomic E-state index is 12.9. The highest BCUT2D eigenvalue weighted by molar-refractivity contribution is 7.73. The zero-order chi connectivity index (χ0) is 20.9. The Morgan fingerprint density at radius 3 is 2.30 bits per heavy atom. The fourth-order valence-electron chi connectivity index (χ4n) is 2.63. The molecule has 148 valence electrons. The maximum Gasteiger partial charge on any atom is 0.335 e. The van der Waals surface area contributed by atoms with E-state index >= 15 is 0 Å². The number of hydrogen-bond acceptors (Lipinski definition) is 7. The van der Waals surface area contributed by atoms with Crippen LogP contribution in [-0.2, 0) is 34.2 Å². The van der Waals surface area contributed by atoms with Crippen LogP contribution in [0.15, 0.2) is 34.6 Å². The summed E-state index contributed by atoms with van der Waals surface area (Å²) in [6.07, 6.45) is 1.83. The number of allylic oxidation sites excluding steroid dienone is 4. The smallest absolute Gasteiger partial charge is 0.335 e. The van der Waals surface area contributed by atoms with E-state index < -0.39 is 39.9 Å². The van der Waals surface area contributed by atoms with Gasteiger partial charge in [0.2, 0.25) is 10.3 Å². The van der Waals surface area contributed by atoms with Crippen molar-refractivity contribution in [2.45, 2.75) is 47.6 Å². The van der Waals surface area contributed by atoms with Gasteiger partial charge >= 0.3 is 5.97 Å². The first-order valence-corrected chi connectivity index (χ1v) is 9.57. The summed E-state index contributed by atoms with van der Waals surface area (Å²) in [4.78, 5) is 37.1. The van der Waals surface area contributed by atoms with E-state index in [1.54, 1.807) is 27.7 Å². The summed E-state index contributed by atoms with van der Waals surface area (Å²) in [6, 6.07) is 0. The second-order valence-corrected chi connectivity index (χ2v) is 7.22. The Morgan fingerprint density at radius 1 is 1.26 bits per heavy atom. The van der Waals surface area contributed by atoms with Crippen LogP contribution in [0.4, 0.5) is 0 Å². The Hall–Kier alpha value is -2.48. The Kier molecular flexibility index (Phi) is 7.90. The summed E-state index contributed by atoms with van der Waals surface area (Å²) in [5, 5.41) is 0. The number of esters is 1. The third-order valence-corrected chi connectivity index (χ3v) is 4.80. The normalized spacial score (nSPS) is 17.6. The van der Waals surface area contributed by atoms with Gasteiger partial charge in [-0.15, -0.1) is 0 Å². The number of carbonyl (C=O) groups is 3. The van der Waals surface area contributed by atoms with Gasteiger partial charge in [-0.1, -0.05) is 6.92 Å². The number of rotatable bonds is 7. The fraction of sp³-hybridized carbons (Fsp3) is 0.474. The van der Waals surface area contributed by atoms with Crippen LogP contribution >= 0.6 is 0 Å². The quantitative estimate of drug-likeness (QED) is 0.162. The second-order valence-electron chi connectivity index (χ2n) is 6.28. The van der Waals surface area contributed by atoms with Crippen LogP contribution in [0.25, 0.3) is 0 Å². The van der Waals surface area contributed by atoms with E-state index in [1.807, 2.05) is 0 Å². The Balaban J connectivity index is 3.63. The van der Waals surface area contributed by atoms with Crippen LogP contribution in [0.1, 0.15) is 41.5 Å². The molecular weight excluding hydrogens is 372 g/mol. The molecular formula is C19H24O7S. The number of ether oxygens (including phenoxy) is 2. The van der Waals surface area contributed by atoms with E-state index in [-0.39, 0.29) is 33.8 Å². The molecule has 1 atom stereocenters. The molecule has 0 saturated carbocycles. The lowest BCUT2D eigenvalue weighted by molar-refractivity contribution is -0.143. The molecule has 0 fully saturated rings. The molecule has 0 spiro atoms. The van der Waals surface area contributed by atoms with Crippen molar-refractivity contribution in [1.29, 1.82) is 0 Å². The van der Waals surface area contributed by atoms with E-state index in [0.29, 0.717) is 0 Å². The average molecular weight is 396 g/mol. The molecule has 0 aromatic carbocycles. The number of Topliss-reactive ketones (excluding diaryl/α,β-unsaturated/α-hetero) is 2. The minimum Gasteiger partial charge on any atom is -0.501 e. The van der Waals surface area contributed by atoms with Crippen LogP contribution in [0.5, 0.6) is 0 Å². The van der Waals surface area contributed by atoms with E-state index in [2.05, 4.69) is 0 Å². The first kappa shape index (κ1) is 22.6. The predicted octanol–water partition coefficient (Wildman–Crippen LogP) is 1.96. The third-order valence-electron chi connectivity index (χ3n) is 3.95. The topological polar surface area (TPSA) is 104 Å². The minimum absolute atomic E-state index is 0.0517. The van der Waals surface area contributed by atoms with E-state index in [4.69, 9.17) is 9.47 Å². The van der Waals surface area contributed by atoms with Crippen molar-refractivity contribution < 1.29 is 32.3 Å². The van der Waals surface area contributed by atoms with Crippen molar-refractivity contribution in [2.24, 2.45) is 5.92 Å². The Morgan fingerprint density at radius 2 is 1.85 bits per heavy atom. The molecule has 0 amide bonds. The summed E-state index contributed by atoms with van der Waals surface area (Å²) in [5.41, 5.74) is 0.0674. The molecule has 27 heavy (non-hydrogen) atoms. The molecule has 0 radical (unpaired) electrons. The Bertz CT molecular complexity index is 875. The second kappa shape index (κ2) is 9.45. The molecule has 0 N–H and O–H groups in total. The molecule has 0 aromatic rings. The molecule has 0 aliphatic heterocycles. The summed E-state index contributed by atoms with van der Waals surface area (Å²) in [7, 11) is -2.65. The zero-order valence-electron chi connectivity index (χ0n) is 16.3. The lowest BCUT2D eigenvalue weighted by Gasteiger charge is -2.24. The van der Waals surface area contributed by atoms with Crippen molar-refractivity contribution in [3.05, 3.63) is 34.6 Å². The van der Waals surface area contributed by atoms with E-state index in [1.165, 1.54) is 19.9 Å². The molecule has 0 heterocycles. The van der Waals surface area contributed by atoms with Gasteiger partial charge in [-0.05, 0) is 46.3 Å². The first-order chi connectivity index (χ1) is 12.5. The number of ketones is 2. The Labute approximate surface area is 160 Å². The van der Waals surface area contributed by atoms with Crippen LogP contribution in [0.3, 0.4) is 0 Å². The zero-order valence-corrected chi connectivity index (χ0v) is 17.1. The van der Waals surface area contributed by atoms with Crippen LogP contribution < -0.4 is 0 Å². The molecule has 0 saturated heterocycles. The lowest BCUT2D eigenvalue weighted by Crippen LogP contribution is -2.29. The molecule has 1 aliphatic carbocycles. The standard InChI is InChI=1S/C19H24O7S/c1-7-25-9-15(13(6)20)18(21)14-8-16(27(23)24)12(5)17(11(14)4)19(22)26-10(2)3/h8-10,12H,7H2,1-6H3. The summed E-state index contributed by atoms with van der Waals surface area (Å²) in [5.74, 6) is -2.72. The fourth-order valence-corrected chi connectivity index (χ4v) is 3.25. The van der Waals surface area contributed by atoms with Crippen molar-refractivity contribution in [3.63, 3.8) is 0 Å². The SMILES string of the molecule is CCOC=C(C(C)=O)C(=O)C1=CC(=S(=O)=O)C(C)C(C(=O)OC(C)C)=C1C. The molecule has 1 aliphatic rings. The van der Waals surface area contributed by atoms with Gasteiger partial charge in [0, 0.05) is 17.1 Å². The molecule has 8 heteroatoms. The van der Waals surface area contributed by atoms with Gasteiger partial charge in [0.15, 0.2) is 11.6 Å². The van der Waals surface area contributed by atoms with Crippen molar-refractivity contribution >= 4 is 32.7 Å². The molecule has 1 unspecified atom stereocenters. The van der Waals surface area contributed by atoms with Gasteiger partial charge in [-0.25, -0.2) is 4.79 Å². The van der Waals surface area contributed by atoms with Gasteiger partial charge in [0.25, 0.3) is 0 Å². The van der Waals surface area contributed by atoms with Gasteiger partial charge in [-0.2, -0.15) is 8.42 Å². The van der Waals surface area contributed by atoms with Crippen LogP contribution in [0.2, 0.25) is 0 Å². The summed E-state index contributed by atoms with van der Waals surface area (Å²) < 4.78 is 33.5. The first-order valence-electron chi connectivity index (χ1n) is 8.50. The van der Waals surface area contributed by atoms with E-state index in [0.717, 1.165) is 6.26 Å². The van der Waals surface area contributed by atoms with Crippen LogP contribution in [-0.4, -0.2) is 43.5 Å². The largest absolute Gasteiger partial charge is 0.501 e. The van der Waals surface area contributed by atoms with Gasteiger partial charge < -0.3 is 9.47 Å². The number of carbonyl (C=O) groups excluding carboxylic acids is 3. The lowest BCUT2D eigenvalue weighted by atomic mass is 9.81. The molecule has 0 aromatic heterocycles.